The Balaban J connectivity index is 1.87. The lowest BCUT2D eigenvalue weighted by atomic mass is 10.1. The monoisotopic (exact) mass is 286 g/mol. The molecule has 1 aromatic heterocycles. The second-order valence-electron chi connectivity index (χ2n) is 4.53. The first-order chi connectivity index (χ1) is 10.2. The number of methoxy groups -OCH3 is 1. The molecule has 1 heterocycles. The molecule has 2 rings (SSSR count). The van der Waals surface area contributed by atoms with Crippen LogP contribution in [0.2, 0.25) is 0 Å². The number of aliphatic hydroxyl groups excluding tert-OH is 1. The first-order valence-electron chi connectivity index (χ1n) is 6.72. The molecule has 1 aromatic carbocycles. The maximum Gasteiger partial charge on any atom is 0.256 e. The smallest absolute Gasteiger partial charge is 0.256 e. The average Bonchev–Trinajstić information content (AvgIpc) is 2.55. The first kappa shape index (κ1) is 15.0. The maximum atomic E-state index is 12.0. The predicted molar refractivity (Wildman–Crippen MR) is 79.1 cm³/mol. The lowest BCUT2D eigenvalue weighted by Gasteiger charge is -2.12. The van der Waals surface area contributed by atoms with Crippen molar-refractivity contribution in [3.8, 4) is 5.88 Å². The third-order valence-corrected chi connectivity index (χ3v) is 3.10. The second-order valence-corrected chi connectivity index (χ2v) is 4.53. The quantitative estimate of drug-likeness (QED) is 0.851. The van der Waals surface area contributed by atoms with Gasteiger partial charge in [-0.3, -0.25) is 4.79 Å². The summed E-state index contributed by atoms with van der Waals surface area (Å²) in [6.07, 6.45) is 1.41. The summed E-state index contributed by atoms with van der Waals surface area (Å²) >= 11 is 0. The molecule has 5 nitrogen and oxygen atoms in total. The fraction of sp³-hybridized carbons (Fsp3) is 0.250. The van der Waals surface area contributed by atoms with Crippen molar-refractivity contribution in [3.63, 3.8) is 0 Å². The van der Waals surface area contributed by atoms with Crippen LogP contribution in [0.1, 0.15) is 28.4 Å². The Bertz CT molecular complexity index is 587. The van der Waals surface area contributed by atoms with Gasteiger partial charge in [-0.25, -0.2) is 4.98 Å². The number of benzene rings is 1. The molecule has 5 heteroatoms. The molecule has 110 valence electrons. The van der Waals surface area contributed by atoms with E-state index in [-0.39, 0.29) is 5.91 Å². The molecule has 1 amide bonds. The lowest BCUT2D eigenvalue weighted by molar-refractivity contribution is 0.0939. The van der Waals surface area contributed by atoms with Crippen LogP contribution in [0, 0.1) is 0 Å². The molecular weight excluding hydrogens is 268 g/mol. The number of nitrogens with zero attached hydrogens (tertiary/aromatic N) is 1. The highest BCUT2D eigenvalue weighted by atomic mass is 16.5. The Morgan fingerprint density at radius 3 is 2.76 bits per heavy atom. The highest BCUT2D eigenvalue weighted by Gasteiger charge is 2.13. The number of pyridine rings is 1. The van der Waals surface area contributed by atoms with E-state index in [0.717, 1.165) is 5.56 Å². The van der Waals surface area contributed by atoms with Crippen LogP contribution < -0.4 is 10.1 Å². The Morgan fingerprint density at radius 2 is 2.05 bits per heavy atom. The maximum absolute atomic E-state index is 12.0. The van der Waals surface area contributed by atoms with Crippen molar-refractivity contribution in [2.45, 2.75) is 12.5 Å². The van der Waals surface area contributed by atoms with Crippen LogP contribution in [0.3, 0.4) is 0 Å². The number of nitrogens with one attached hydrogen (secondary N) is 1. The molecule has 2 N–H and O–H groups in total. The van der Waals surface area contributed by atoms with E-state index in [0.29, 0.717) is 24.4 Å². The Kier molecular flexibility index (Phi) is 5.29. The van der Waals surface area contributed by atoms with Gasteiger partial charge in [-0.05, 0) is 24.1 Å². The summed E-state index contributed by atoms with van der Waals surface area (Å²) < 4.78 is 5.04. The van der Waals surface area contributed by atoms with E-state index in [2.05, 4.69) is 10.3 Å². The van der Waals surface area contributed by atoms with Gasteiger partial charge in [0.15, 0.2) is 0 Å². The van der Waals surface area contributed by atoms with Crippen molar-refractivity contribution in [2.75, 3.05) is 13.7 Å². The number of aliphatic hydroxyl groups is 1. The SMILES string of the molecule is COc1ncccc1C(=O)NCCC(O)c1ccccc1. The molecule has 0 aliphatic carbocycles. The molecule has 0 radical (unpaired) electrons. The van der Waals surface area contributed by atoms with Gasteiger partial charge in [0.2, 0.25) is 5.88 Å². The van der Waals surface area contributed by atoms with Gasteiger partial charge in [0.1, 0.15) is 5.56 Å². The van der Waals surface area contributed by atoms with Crippen LogP contribution in [0.15, 0.2) is 48.7 Å². The number of carbonyl (C=O) groups excluding carboxylic acids is 1. The molecule has 0 fully saturated rings. The first-order valence-corrected chi connectivity index (χ1v) is 6.72. The fourth-order valence-electron chi connectivity index (χ4n) is 1.99. The number of amides is 1. The third kappa shape index (κ3) is 4.03. The molecule has 0 spiro atoms. The molecule has 0 saturated heterocycles. The van der Waals surface area contributed by atoms with Crippen LogP contribution in [-0.4, -0.2) is 29.7 Å². The van der Waals surface area contributed by atoms with Crippen LogP contribution in [0.4, 0.5) is 0 Å². The zero-order valence-corrected chi connectivity index (χ0v) is 11.8. The van der Waals surface area contributed by atoms with E-state index in [1.165, 1.54) is 7.11 Å². The minimum atomic E-state index is -0.595. The molecule has 1 unspecified atom stereocenters. The van der Waals surface area contributed by atoms with E-state index in [4.69, 9.17) is 4.74 Å². The van der Waals surface area contributed by atoms with Crippen molar-refractivity contribution in [3.05, 3.63) is 59.8 Å². The summed E-state index contributed by atoms with van der Waals surface area (Å²) in [7, 11) is 1.47. The minimum Gasteiger partial charge on any atom is -0.480 e. The predicted octanol–water partition coefficient (Wildman–Crippen LogP) is 1.94. The number of hydrogen-bond acceptors (Lipinski definition) is 4. The summed E-state index contributed by atoms with van der Waals surface area (Å²) in [5.74, 6) is 0.0267. The summed E-state index contributed by atoms with van der Waals surface area (Å²) in [4.78, 5) is 16.0. The fourth-order valence-corrected chi connectivity index (χ4v) is 1.99. The lowest BCUT2D eigenvalue weighted by Crippen LogP contribution is -2.26. The van der Waals surface area contributed by atoms with Crippen LogP contribution >= 0.6 is 0 Å². The van der Waals surface area contributed by atoms with Crippen molar-refractivity contribution >= 4 is 5.91 Å². The minimum absolute atomic E-state index is 0.264. The van der Waals surface area contributed by atoms with Crippen LogP contribution in [-0.2, 0) is 0 Å². The van der Waals surface area contributed by atoms with Gasteiger partial charge < -0.3 is 15.2 Å². The van der Waals surface area contributed by atoms with Crippen molar-refractivity contribution < 1.29 is 14.6 Å². The van der Waals surface area contributed by atoms with Gasteiger partial charge in [0, 0.05) is 12.7 Å². The molecule has 21 heavy (non-hydrogen) atoms. The zero-order chi connectivity index (χ0) is 15.1. The molecular formula is C16H18N2O3. The summed E-state index contributed by atoms with van der Waals surface area (Å²) in [5, 5.41) is 12.8. The van der Waals surface area contributed by atoms with Crippen molar-refractivity contribution in [2.24, 2.45) is 0 Å². The standard InChI is InChI=1S/C16H18N2O3/c1-21-16-13(8-5-10-18-16)15(20)17-11-9-14(19)12-6-3-2-4-7-12/h2-8,10,14,19H,9,11H2,1H3,(H,17,20). The molecule has 2 aromatic rings. The van der Waals surface area contributed by atoms with Crippen LogP contribution in [0.5, 0.6) is 5.88 Å². The van der Waals surface area contributed by atoms with Gasteiger partial charge in [-0.15, -0.1) is 0 Å². The van der Waals surface area contributed by atoms with Gasteiger partial charge in [0.25, 0.3) is 5.91 Å². The Morgan fingerprint density at radius 1 is 1.29 bits per heavy atom. The number of carbonyl (C=O) groups is 1. The highest BCUT2D eigenvalue weighted by molar-refractivity contribution is 5.96. The van der Waals surface area contributed by atoms with E-state index in [1.807, 2.05) is 30.3 Å². The second kappa shape index (κ2) is 7.40. The topological polar surface area (TPSA) is 71.5 Å². The van der Waals surface area contributed by atoms with E-state index in [9.17, 15) is 9.90 Å². The van der Waals surface area contributed by atoms with E-state index >= 15 is 0 Å². The summed E-state index contributed by atoms with van der Waals surface area (Å²) in [6.45, 7) is 0.368. The summed E-state index contributed by atoms with van der Waals surface area (Å²) in [5.41, 5.74) is 1.22. The van der Waals surface area contributed by atoms with Gasteiger partial charge in [0.05, 0.1) is 13.2 Å². The molecule has 1 atom stereocenters. The normalized spacial score (nSPS) is 11.7. The van der Waals surface area contributed by atoms with Crippen molar-refractivity contribution in [1.29, 1.82) is 0 Å². The van der Waals surface area contributed by atoms with E-state index < -0.39 is 6.10 Å². The average molecular weight is 286 g/mol. The zero-order valence-electron chi connectivity index (χ0n) is 11.8. The largest absolute Gasteiger partial charge is 0.480 e. The van der Waals surface area contributed by atoms with Gasteiger partial charge in [-0.1, -0.05) is 30.3 Å². The third-order valence-electron chi connectivity index (χ3n) is 3.10. The number of hydrogen-bond donors (Lipinski definition) is 2. The van der Waals surface area contributed by atoms with Gasteiger partial charge in [-0.2, -0.15) is 0 Å². The summed E-state index contributed by atoms with van der Waals surface area (Å²) in [6, 6.07) is 12.7. The molecule has 0 bridgehead atoms. The molecule has 0 saturated carbocycles. The molecule has 0 aliphatic rings. The van der Waals surface area contributed by atoms with E-state index in [1.54, 1.807) is 18.3 Å². The van der Waals surface area contributed by atoms with Gasteiger partial charge >= 0.3 is 0 Å². The van der Waals surface area contributed by atoms with Crippen LogP contribution in [0.25, 0.3) is 0 Å². The Hall–Kier alpha value is -2.40. The van der Waals surface area contributed by atoms with Crippen molar-refractivity contribution in [1.82, 2.24) is 10.3 Å². The number of rotatable bonds is 6. The Labute approximate surface area is 123 Å². The number of aromatic nitrogens is 1. The highest BCUT2D eigenvalue weighted by Crippen LogP contribution is 2.16. The molecule has 0 aliphatic heterocycles. The number of ether oxygens (including phenoxy) is 1.